The van der Waals surface area contributed by atoms with Gasteiger partial charge in [-0.2, -0.15) is 5.26 Å². The van der Waals surface area contributed by atoms with E-state index in [1.54, 1.807) is 6.07 Å². The summed E-state index contributed by atoms with van der Waals surface area (Å²) in [6.07, 6.45) is 1.31. The average molecular weight is 264 g/mol. The molecule has 1 saturated heterocycles. The summed E-state index contributed by atoms with van der Waals surface area (Å²) < 4.78 is 0. The lowest BCUT2D eigenvalue weighted by molar-refractivity contribution is 0.176. The molecule has 0 aliphatic carbocycles. The summed E-state index contributed by atoms with van der Waals surface area (Å²) in [6.45, 7) is 7.58. The Labute approximate surface area is 113 Å². The van der Waals surface area contributed by atoms with Gasteiger partial charge in [-0.15, -0.1) is 0 Å². The quantitative estimate of drug-likeness (QED) is 0.908. The van der Waals surface area contributed by atoms with Crippen LogP contribution in [0.5, 0.6) is 0 Å². The molecule has 1 aromatic carbocycles. The molecule has 1 fully saturated rings. The second-order valence-corrected chi connectivity index (χ2v) is 5.29. The Hall–Kier alpha value is -1.24. The molecule has 2 rings (SSSR count). The van der Waals surface area contributed by atoms with Crippen molar-refractivity contribution in [3.8, 4) is 6.07 Å². The summed E-state index contributed by atoms with van der Waals surface area (Å²) in [5.41, 5.74) is 2.51. The molecule has 1 aliphatic rings. The molecule has 0 bridgehead atoms. The molecule has 0 spiro atoms. The van der Waals surface area contributed by atoms with Crippen molar-refractivity contribution in [2.45, 2.75) is 26.3 Å². The van der Waals surface area contributed by atoms with Crippen LogP contribution in [0, 0.1) is 18.3 Å². The number of hydrogen-bond acceptors (Lipinski definition) is 3. The van der Waals surface area contributed by atoms with Gasteiger partial charge in [-0.3, -0.25) is 0 Å². The third-order valence-electron chi connectivity index (χ3n) is 3.39. The van der Waals surface area contributed by atoms with Crippen molar-refractivity contribution in [3.63, 3.8) is 0 Å². The highest BCUT2D eigenvalue weighted by Crippen LogP contribution is 2.27. The SMILES string of the molecule is Cc1c(NC(C)CN2CCC2)ccc(C#N)c1Cl. The number of hydrogen-bond donors (Lipinski definition) is 1. The first-order valence-electron chi connectivity index (χ1n) is 6.30. The number of anilines is 1. The summed E-state index contributed by atoms with van der Waals surface area (Å²) in [5.74, 6) is 0. The maximum absolute atomic E-state index is 8.91. The second kappa shape index (κ2) is 5.60. The molecule has 0 aromatic heterocycles. The Balaban J connectivity index is 2.04. The van der Waals surface area contributed by atoms with Crippen LogP contribution < -0.4 is 5.32 Å². The topological polar surface area (TPSA) is 39.1 Å². The maximum Gasteiger partial charge on any atom is 0.101 e. The highest BCUT2D eigenvalue weighted by Gasteiger charge is 2.17. The first-order chi connectivity index (χ1) is 8.61. The molecular formula is C14H18ClN3. The Morgan fingerprint density at radius 1 is 1.50 bits per heavy atom. The first kappa shape index (κ1) is 13.2. The van der Waals surface area contributed by atoms with Crippen LogP contribution in [0.4, 0.5) is 5.69 Å². The van der Waals surface area contributed by atoms with Crippen molar-refractivity contribution < 1.29 is 0 Å². The lowest BCUT2D eigenvalue weighted by atomic mass is 10.1. The van der Waals surface area contributed by atoms with Crippen LogP contribution in [-0.4, -0.2) is 30.6 Å². The van der Waals surface area contributed by atoms with Crippen LogP contribution in [0.25, 0.3) is 0 Å². The van der Waals surface area contributed by atoms with Crippen molar-refractivity contribution in [2.24, 2.45) is 0 Å². The molecule has 1 aliphatic heterocycles. The smallest absolute Gasteiger partial charge is 0.101 e. The third kappa shape index (κ3) is 2.77. The number of nitriles is 1. The van der Waals surface area contributed by atoms with E-state index in [1.165, 1.54) is 19.5 Å². The molecule has 1 heterocycles. The van der Waals surface area contributed by atoms with Gasteiger partial charge in [0.25, 0.3) is 0 Å². The van der Waals surface area contributed by atoms with Gasteiger partial charge >= 0.3 is 0 Å². The lowest BCUT2D eigenvalue weighted by Gasteiger charge is -2.33. The van der Waals surface area contributed by atoms with E-state index in [-0.39, 0.29) is 0 Å². The molecule has 0 amide bonds. The van der Waals surface area contributed by atoms with E-state index in [0.717, 1.165) is 17.8 Å². The Bertz CT molecular complexity index is 475. The molecular weight excluding hydrogens is 246 g/mol. The van der Waals surface area contributed by atoms with Gasteiger partial charge in [-0.25, -0.2) is 0 Å². The van der Waals surface area contributed by atoms with Gasteiger partial charge < -0.3 is 10.2 Å². The molecule has 1 aromatic rings. The van der Waals surface area contributed by atoms with Crippen LogP contribution in [0.15, 0.2) is 12.1 Å². The standard InChI is InChI=1S/C14H18ClN3/c1-10(9-18-6-3-7-18)17-13-5-4-12(8-16)14(15)11(13)2/h4-5,10,17H,3,6-7,9H2,1-2H3. The molecule has 18 heavy (non-hydrogen) atoms. The Kier molecular flexibility index (Phi) is 4.11. The third-order valence-corrected chi connectivity index (χ3v) is 3.88. The molecule has 0 radical (unpaired) electrons. The van der Waals surface area contributed by atoms with Gasteiger partial charge in [0.2, 0.25) is 0 Å². The molecule has 1 unspecified atom stereocenters. The monoisotopic (exact) mass is 263 g/mol. The minimum absolute atomic E-state index is 0.382. The van der Waals surface area contributed by atoms with Crippen molar-refractivity contribution in [2.75, 3.05) is 25.0 Å². The number of likely N-dealkylation sites (tertiary alicyclic amines) is 1. The number of rotatable bonds is 4. The number of halogens is 1. The predicted molar refractivity (Wildman–Crippen MR) is 75.0 cm³/mol. The van der Waals surface area contributed by atoms with E-state index in [2.05, 4.69) is 23.2 Å². The number of nitrogens with one attached hydrogen (secondary N) is 1. The summed E-state index contributed by atoms with van der Waals surface area (Å²) in [6, 6.07) is 6.19. The molecule has 96 valence electrons. The summed E-state index contributed by atoms with van der Waals surface area (Å²) in [7, 11) is 0. The van der Waals surface area contributed by atoms with Crippen LogP contribution in [0.1, 0.15) is 24.5 Å². The zero-order valence-corrected chi connectivity index (χ0v) is 11.6. The van der Waals surface area contributed by atoms with Gasteiger partial charge in [-0.1, -0.05) is 11.6 Å². The Morgan fingerprint density at radius 2 is 2.22 bits per heavy atom. The van der Waals surface area contributed by atoms with Gasteiger partial charge in [0, 0.05) is 18.3 Å². The second-order valence-electron chi connectivity index (χ2n) is 4.91. The van der Waals surface area contributed by atoms with Crippen LogP contribution in [0.3, 0.4) is 0 Å². The highest BCUT2D eigenvalue weighted by molar-refractivity contribution is 6.32. The molecule has 4 heteroatoms. The van der Waals surface area contributed by atoms with Crippen molar-refractivity contribution in [1.29, 1.82) is 5.26 Å². The van der Waals surface area contributed by atoms with Gasteiger partial charge in [0.1, 0.15) is 6.07 Å². The van der Waals surface area contributed by atoms with E-state index < -0.39 is 0 Å². The van der Waals surface area contributed by atoms with Crippen LogP contribution in [0.2, 0.25) is 5.02 Å². The molecule has 1 atom stereocenters. The van der Waals surface area contributed by atoms with E-state index in [0.29, 0.717) is 16.6 Å². The van der Waals surface area contributed by atoms with E-state index >= 15 is 0 Å². The van der Waals surface area contributed by atoms with E-state index in [1.807, 2.05) is 13.0 Å². The van der Waals surface area contributed by atoms with Gasteiger partial charge in [-0.05, 0) is 51.1 Å². The zero-order valence-electron chi connectivity index (χ0n) is 10.8. The Morgan fingerprint density at radius 3 is 2.78 bits per heavy atom. The highest BCUT2D eigenvalue weighted by atomic mass is 35.5. The summed E-state index contributed by atoms with van der Waals surface area (Å²) in [5, 5.41) is 12.9. The van der Waals surface area contributed by atoms with Crippen molar-refractivity contribution >= 4 is 17.3 Å². The normalized spacial score (nSPS) is 16.8. The van der Waals surface area contributed by atoms with Crippen LogP contribution in [-0.2, 0) is 0 Å². The van der Waals surface area contributed by atoms with Gasteiger partial charge in [0.05, 0.1) is 10.6 Å². The number of benzene rings is 1. The lowest BCUT2D eigenvalue weighted by Crippen LogP contribution is -2.43. The van der Waals surface area contributed by atoms with Crippen molar-refractivity contribution in [1.82, 2.24) is 4.90 Å². The molecule has 3 nitrogen and oxygen atoms in total. The zero-order chi connectivity index (χ0) is 13.1. The summed E-state index contributed by atoms with van der Waals surface area (Å²) >= 11 is 6.15. The van der Waals surface area contributed by atoms with E-state index in [9.17, 15) is 0 Å². The minimum Gasteiger partial charge on any atom is -0.381 e. The number of nitrogens with zero attached hydrogens (tertiary/aromatic N) is 2. The fourth-order valence-corrected chi connectivity index (χ4v) is 2.40. The molecule has 0 saturated carbocycles. The largest absolute Gasteiger partial charge is 0.381 e. The maximum atomic E-state index is 8.91. The molecule has 1 N–H and O–H groups in total. The fourth-order valence-electron chi connectivity index (χ4n) is 2.19. The van der Waals surface area contributed by atoms with E-state index in [4.69, 9.17) is 16.9 Å². The summed E-state index contributed by atoms with van der Waals surface area (Å²) in [4.78, 5) is 2.43. The van der Waals surface area contributed by atoms with Gasteiger partial charge in [0.15, 0.2) is 0 Å². The fraction of sp³-hybridized carbons (Fsp3) is 0.500. The minimum atomic E-state index is 0.382. The average Bonchev–Trinajstić information content (AvgIpc) is 2.30. The first-order valence-corrected chi connectivity index (χ1v) is 6.67. The van der Waals surface area contributed by atoms with Crippen molar-refractivity contribution in [3.05, 3.63) is 28.3 Å². The predicted octanol–water partition coefficient (Wildman–Crippen LogP) is 3.03. The van der Waals surface area contributed by atoms with Crippen LogP contribution >= 0.6 is 11.6 Å².